The minimum Gasteiger partial charge on any atom is -0.462 e. The molecule has 0 aliphatic rings. The molecule has 0 bridgehead atoms. The van der Waals surface area contributed by atoms with Crippen molar-refractivity contribution in [1.82, 2.24) is 4.90 Å². The average molecular weight is 403 g/mol. The van der Waals surface area contributed by atoms with E-state index in [1.54, 1.807) is 13.8 Å². The van der Waals surface area contributed by atoms with Gasteiger partial charge < -0.3 is 10.1 Å². The summed E-state index contributed by atoms with van der Waals surface area (Å²) in [4.78, 5) is 39.3. The van der Waals surface area contributed by atoms with E-state index in [4.69, 9.17) is 4.74 Å². The highest BCUT2D eigenvalue weighted by Crippen LogP contribution is 2.34. The molecule has 0 saturated carbocycles. The number of nitrogens with one attached hydrogen (secondary N) is 1. The molecule has 28 heavy (non-hydrogen) atoms. The van der Waals surface area contributed by atoms with Crippen molar-refractivity contribution in [1.29, 1.82) is 0 Å². The van der Waals surface area contributed by atoms with Gasteiger partial charge in [0, 0.05) is 6.54 Å². The monoisotopic (exact) mass is 402 g/mol. The topological polar surface area (TPSA) is 75.7 Å². The van der Waals surface area contributed by atoms with Crippen LogP contribution in [0.5, 0.6) is 0 Å². The van der Waals surface area contributed by atoms with Gasteiger partial charge >= 0.3 is 5.97 Å². The molecule has 1 aromatic heterocycles. The van der Waals surface area contributed by atoms with Gasteiger partial charge in [-0.3, -0.25) is 14.5 Å². The zero-order valence-corrected chi connectivity index (χ0v) is 17.5. The van der Waals surface area contributed by atoms with Crippen molar-refractivity contribution in [2.45, 2.75) is 34.2 Å². The molecule has 1 N–H and O–H groups in total. The maximum atomic E-state index is 12.6. The van der Waals surface area contributed by atoms with E-state index >= 15 is 0 Å². The summed E-state index contributed by atoms with van der Waals surface area (Å²) in [5, 5.41) is 3.16. The summed E-state index contributed by atoms with van der Waals surface area (Å²) in [6.07, 6.45) is 0. The Morgan fingerprint density at radius 2 is 1.82 bits per heavy atom. The Balaban J connectivity index is 2.16. The minimum absolute atomic E-state index is 0.146. The third-order valence-corrected chi connectivity index (χ3v) is 5.57. The highest BCUT2D eigenvalue weighted by atomic mass is 32.1. The van der Waals surface area contributed by atoms with Crippen LogP contribution >= 0.6 is 11.3 Å². The predicted octanol–water partition coefficient (Wildman–Crippen LogP) is 3.90. The number of thiophene rings is 1. The molecule has 0 saturated heterocycles. The molecule has 0 spiro atoms. The van der Waals surface area contributed by atoms with Crippen molar-refractivity contribution in [3.05, 3.63) is 51.9 Å². The molecule has 2 rings (SSSR count). The van der Waals surface area contributed by atoms with Crippen LogP contribution in [0.25, 0.3) is 0 Å². The Morgan fingerprint density at radius 3 is 2.39 bits per heavy atom. The normalized spacial score (nSPS) is 10.8. The fourth-order valence-electron chi connectivity index (χ4n) is 2.88. The predicted molar refractivity (Wildman–Crippen MR) is 111 cm³/mol. The fourth-order valence-corrected chi connectivity index (χ4v) is 3.98. The van der Waals surface area contributed by atoms with Gasteiger partial charge in [0.2, 0.25) is 5.91 Å². The van der Waals surface area contributed by atoms with Gasteiger partial charge in [-0.2, -0.15) is 0 Å². The third-order valence-electron chi connectivity index (χ3n) is 4.26. The summed E-state index contributed by atoms with van der Waals surface area (Å²) in [6, 6.07) is 9.91. The van der Waals surface area contributed by atoms with Crippen LogP contribution in [0.1, 0.15) is 51.9 Å². The van der Waals surface area contributed by atoms with Crippen molar-refractivity contribution in [2.24, 2.45) is 0 Å². The van der Waals surface area contributed by atoms with Gasteiger partial charge in [-0.15, -0.1) is 11.3 Å². The highest BCUT2D eigenvalue weighted by Gasteiger charge is 2.25. The molecule has 0 aliphatic carbocycles. The van der Waals surface area contributed by atoms with E-state index in [1.165, 1.54) is 6.92 Å². The van der Waals surface area contributed by atoms with Crippen LogP contribution in [-0.4, -0.2) is 42.3 Å². The number of rotatable bonds is 9. The molecule has 7 heteroatoms. The van der Waals surface area contributed by atoms with Crippen LogP contribution in [0, 0.1) is 6.92 Å². The van der Waals surface area contributed by atoms with Gasteiger partial charge in [-0.1, -0.05) is 37.3 Å². The highest BCUT2D eigenvalue weighted by molar-refractivity contribution is 7.18. The van der Waals surface area contributed by atoms with Crippen molar-refractivity contribution in [3.63, 3.8) is 0 Å². The lowest BCUT2D eigenvalue weighted by molar-refractivity contribution is -0.117. The van der Waals surface area contributed by atoms with Gasteiger partial charge in [0.15, 0.2) is 5.78 Å². The van der Waals surface area contributed by atoms with Gasteiger partial charge in [0.1, 0.15) is 5.00 Å². The number of ether oxygens (including phenoxy) is 1. The Labute approximate surface area is 169 Å². The molecule has 0 atom stereocenters. The number of esters is 1. The summed E-state index contributed by atoms with van der Waals surface area (Å²) < 4.78 is 5.10. The standard InChI is InChI=1S/C21H26N2O4S/c1-5-23(12-16-10-8-7-9-11-16)13-17(25)22-20-18(21(26)27-6-2)14(3)19(28-20)15(4)24/h7-11H,5-6,12-13H2,1-4H3,(H,22,25). The fraction of sp³-hybridized carbons (Fsp3) is 0.381. The van der Waals surface area contributed by atoms with Crippen molar-refractivity contribution < 1.29 is 19.1 Å². The third kappa shape index (κ3) is 5.50. The smallest absolute Gasteiger partial charge is 0.341 e. The molecule has 0 aliphatic heterocycles. The number of hydrogen-bond acceptors (Lipinski definition) is 6. The molecule has 0 radical (unpaired) electrons. The van der Waals surface area contributed by atoms with Gasteiger partial charge in [-0.05, 0) is 38.4 Å². The first-order valence-electron chi connectivity index (χ1n) is 9.24. The molecular weight excluding hydrogens is 376 g/mol. The summed E-state index contributed by atoms with van der Waals surface area (Å²) in [5.74, 6) is -0.914. The van der Waals surface area contributed by atoms with E-state index in [1.807, 2.05) is 42.2 Å². The number of carbonyl (C=O) groups is 3. The van der Waals surface area contributed by atoms with E-state index < -0.39 is 5.97 Å². The Bertz CT molecular complexity index is 846. The minimum atomic E-state index is -0.532. The van der Waals surface area contributed by atoms with Crippen LogP contribution in [0.3, 0.4) is 0 Å². The number of anilines is 1. The van der Waals surface area contributed by atoms with Gasteiger partial charge in [-0.25, -0.2) is 4.79 Å². The lowest BCUT2D eigenvalue weighted by Crippen LogP contribution is -2.32. The van der Waals surface area contributed by atoms with Crippen molar-refractivity contribution in [3.8, 4) is 0 Å². The molecule has 1 heterocycles. The van der Waals surface area contributed by atoms with E-state index in [9.17, 15) is 14.4 Å². The van der Waals surface area contributed by atoms with Crippen LogP contribution in [0.4, 0.5) is 5.00 Å². The summed E-state index contributed by atoms with van der Waals surface area (Å²) >= 11 is 1.11. The second kappa shape index (κ2) is 10.1. The molecule has 1 amide bonds. The number of amides is 1. The quantitative estimate of drug-likeness (QED) is 0.509. The van der Waals surface area contributed by atoms with Gasteiger partial charge in [0.25, 0.3) is 0 Å². The molecule has 0 fully saturated rings. The first-order valence-corrected chi connectivity index (χ1v) is 10.1. The number of ketones is 1. The van der Waals surface area contributed by atoms with E-state index in [0.717, 1.165) is 16.9 Å². The second-order valence-electron chi connectivity index (χ2n) is 6.37. The molecule has 2 aromatic rings. The lowest BCUT2D eigenvalue weighted by Gasteiger charge is -2.19. The van der Waals surface area contributed by atoms with Crippen molar-refractivity contribution in [2.75, 3.05) is 25.0 Å². The summed E-state index contributed by atoms with van der Waals surface area (Å²) in [6.45, 7) is 8.60. The Hall–Kier alpha value is -2.51. The SMILES string of the molecule is CCOC(=O)c1c(NC(=O)CN(CC)Cc2ccccc2)sc(C(C)=O)c1C. The van der Waals surface area contributed by atoms with Crippen molar-refractivity contribution >= 4 is 34.0 Å². The summed E-state index contributed by atoms with van der Waals surface area (Å²) in [5.41, 5.74) is 1.93. The number of Topliss-reactive ketones (excluding diaryl/α,β-unsaturated/α-hetero) is 1. The van der Waals surface area contributed by atoms with E-state index in [-0.39, 0.29) is 30.4 Å². The number of carbonyl (C=O) groups excluding carboxylic acids is 3. The first-order chi connectivity index (χ1) is 13.4. The molecule has 6 nitrogen and oxygen atoms in total. The molecular formula is C21H26N2O4S. The van der Waals surface area contributed by atoms with E-state index in [2.05, 4.69) is 5.32 Å². The largest absolute Gasteiger partial charge is 0.462 e. The molecule has 1 aromatic carbocycles. The lowest BCUT2D eigenvalue weighted by atomic mass is 10.1. The maximum Gasteiger partial charge on any atom is 0.341 e. The zero-order chi connectivity index (χ0) is 20.7. The average Bonchev–Trinajstić information content (AvgIpc) is 2.98. The van der Waals surface area contributed by atoms with Crippen LogP contribution in [0.15, 0.2) is 30.3 Å². The number of likely N-dealkylation sites (N-methyl/N-ethyl adjacent to an activating group) is 1. The molecule has 150 valence electrons. The van der Waals surface area contributed by atoms with Crippen LogP contribution in [-0.2, 0) is 16.1 Å². The second-order valence-corrected chi connectivity index (χ2v) is 7.39. The van der Waals surface area contributed by atoms with E-state index in [0.29, 0.717) is 28.5 Å². The Morgan fingerprint density at radius 1 is 1.14 bits per heavy atom. The van der Waals surface area contributed by atoms with Crippen LogP contribution in [0.2, 0.25) is 0 Å². The van der Waals surface area contributed by atoms with Gasteiger partial charge in [0.05, 0.1) is 23.6 Å². The Kier molecular flexibility index (Phi) is 7.90. The number of hydrogen-bond donors (Lipinski definition) is 1. The molecule has 0 unspecified atom stereocenters. The number of benzene rings is 1. The zero-order valence-electron chi connectivity index (χ0n) is 16.7. The summed E-state index contributed by atoms with van der Waals surface area (Å²) in [7, 11) is 0. The number of nitrogens with zero attached hydrogens (tertiary/aromatic N) is 1. The first kappa shape index (κ1) is 21.8. The maximum absolute atomic E-state index is 12.6. The van der Waals surface area contributed by atoms with Crippen LogP contribution < -0.4 is 5.32 Å².